The van der Waals surface area contributed by atoms with Crippen LogP contribution in [0.1, 0.15) is 42.9 Å². The molecule has 1 saturated heterocycles. The summed E-state index contributed by atoms with van der Waals surface area (Å²) in [7, 11) is 1.50. The summed E-state index contributed by atoms with van der Waals surface area (Å²) in [5.74, 6) is -3.36. The lowest BCUT2D eigenvalue weighted by molar-refractivity contribution is -0.143. The Bertz CT molecular complexity index is 1350. The molecule has 0 bridgehead atoms. The number of ether oxygens (including phenoxy) is 1. The van der Waals surface area contributed by atoms with Gasteiger partial charge >= 0.3 is 0 Å². The number of anilines is 1. The number of piperidine rings is 1. The number of hydroxylamine groups is 1. The van der Waals surface area contributed by atoms with Crippen LogP contribution in [0.4, 0.5) is 23.2 Å². The van der Waals surface area contributed by atoms with E-state index in [4.69, 9.17) is 4.74 Å². The highest BCUT2D eigenvalue weighted by molar-refractivity contribution is 5.85. The number of carbonyl (C=O) groups excluding carboxylic acids is 1. The number of hydrogen-bond donors (Lipinski definition) is 4. The highest BCUT2D eigenvalue weighted by Crippen LogP contribution is 2.40. The van der Waals surface area contributed by atoms with Gasteiger partial charge in [0, 0.05) is 42.4 Å². The minimum absolute atomic E-state index is 0.128. The minimum Gasteiger partial charge on any atom is -0.497 e. The Hall–Kier alpha value is -3.48. The first-order chi connectivity index (χ1) is 19.2. The molecule has 216 valence electrons. The predicted octanol–water partition coefficient (Wildman–Crippen LogP) is 4.64. The number of fused-ring (bicyclic) bond motifs is 1. The van der Waals surface area contributed by atoms with Crippen LogP contribution in [0.15, 0.2) is 36.5 Å². The van der Waals surface area contributed by atoms with E-state index in [0.717, 1.165) is 6.07 Å². The number of nitrogens with one attached hydrogen (secondary N) is 2. The summed E-state index contributed by atoms with van der Waals surface area (Å²) in [5, 5.41) is 23.9. The second-order valence-electron chi connectivity index (χ2n) is 10.0. The van der Waals surface area contributed by atoms with Crippen LogP contribution < -0.4 is 15.5 Å². The zero-order valence-electron chi connectivity index (χ0n) is 22.0. The lowest BCUT2D eigenvalue weighted by Crippen LogP contribution is -2.49. The second kappa shape index (κ2) is 12.8. The molecule has 40 heavy (non-hydrogen) atoms. The maximum Gasteiger partial charge on any atom is 0.249 e. The van der Waals surface area contributed by atoms with Crippen LogP contribution in [0, 0.1) is 22.9 Å². The summed E-state index contributed by atoms with van der Waals surface area (Å²) in [4.78, 5) is 19.1. The fraction of sp³-hybridized carbons (Fsp3) is 0.429. The van der Waals surface area contributed by atoms with Crippen molar-refractivity contribution in [3.63, 3.8) is 0 Å². The number of alkyl halides is 1. The third kappa shape index (κ3) is 6.29. The van der Waals surface area contributed by atoms with Crippen molar-refractivity contribution in [1.82, 2.24) is 15.4 Å². The number of benzene rings is 2. The van der Waals surface area contributed by atoms with E-state index >= 15 is 0 Å². The smallest absolute Gasteiger partial charge is 0.249 e. The van der Waals surface area contributed by atoms with Crippen molar-refractivity contribution in [3.05, 3.63) is 65.1 Å². The van der Waals surface area contributed by atoms with Crippen molar-refractivity contribution in [2.75, 3.05) is 38.6 Å². The van der Waals surface area contributed by atoms with Gasteiger partial charge in [0.1, 0.15) is 18.2 Å². The summed E-state index contributed by atoms with van der Waals surface area (Å²) < 4.78 is 59.9. The molecule has 4 N–H and O–H groups in total. The molecule has 1 atom stereocenters. The Morgan fingerprint density at radius 3 is 2.62 bits per heavy atom. The molecule has 1 aliphatic heterocycles. The summed E-state index contributed by atoms with van der Waals surface area (Å²) in [6, 6.07) is 6.48. The van der Waals surface area contributed by atoms with Gasteiger partial charge in [0.15, 0.2) is 11.6 Å². The third-order valence-electron chi connectivity index (χ3n) is 7.71. The van der Waals surface area contributed by atoms with Gasteiger partial charge in [-0.1, -0.05) is 0 Å². The summed E-state index contributed by atoms with van der Waals surface area (Å²) >= 11 is 0. The molecule has 3 aromatic rings. The SMILES string of the molecule is COc1ccc2ncc(CF)c([C@H](O)CCC3(C(=O)NO)CCN(CCNc4cc(F)cc(F)c4F)CC3)c2c1. The Morgan fingerprint density at radius 2 is 1.95 bits per heavy atom. The van der Waals surface area contributed by atoms with E-state index in [1.165, 1.54) is 13.3 Å². The van der Waals surface area contributed by atoms with Crippen LogP contribution in [0.25, 0.3) is 10.9 Å². The Morgan fingerprint density at radius 1 is 1.20 bits per heavy atom. The zero-order chi connectivity index (χ0) is 28.9. The third-order valence-corrected chi connectivity index (χ3v) is 7.71. The normalized spacial score (nSPS) is 16.1. The number of hydrogen-bond acceptors (Lipinski definition) is 7. The van der Waals surface area contributed by atoms with Gasteiger partial charge in [0.05, 0.1) is 29.8 Å². The summed E-state index contributed by atoms with van der Waals surface area (Å²) in [5.41, 5.74) is 1.70. The van der Waals surface area contributed by atoms with E-state index in [2.05, 4.69) is 10.3 Å². The second-order valence-corrected chi connectivity index (χ2v) is 10.0. The predicted molar refractivity (Wildman–Crippen MR) is 140 cm³/mol. The van der Waals surface area contributed by atoms with Crippen LogP contribution in [0.5, 0.6) is 5.75 Å². The van der Waals surface area contributed by atoms with Gasteiger partial charge in [-0.25, -0.2) is 23.0 Å². The summed E-state index contributed by atoms with van der Waals surface area (Å²) in [6.07, 6.45) is 1.35. The number of pyridine rings is 1. The molecule has 1 aromatic heterocycles. The minimum atomic E-state index is -1.28. The molecule has 0 radical (unpaired) electrons. The monoisotopic (exact) mass is 564 g/mol. The van der Waals surface area contributed by atoms with Crippen LogP contribution in [0.3, 0.4) is 0 Å². The first-order valence-corrected chi connectivity index (χ1v) is 13.0. The first-order valence-electron chi connectivity index (χ1n) is 13.0. The number of methoxy groups -OCH3 is 1. The number of aliphatic hydroxyl groups is 1. The van der Waals surface area contributed by atoms with E-state index in [0.29, 0.717) is 60.8 Å². The molecular weight excluding hydrogens is 532 g/mol. The molecule has 2 aromatic carbocycles. The Balaban J connectivity index is 1.42. The molecule has 12 heteroatoms. The number of rotatable bonds is 11. The van der Waals surface area contributed by atoms with E-state index in [9.17, 15) is 32.7 Å². The standard InChI is InChI=1S/C28H32F4N4O4/c1-40-19-2-3-22-20(14-19)25(17(15-29)16-34-22)24(37)4-5-28(27(38)35-39)6-9-36(10-7-28)11-8-33-23-13-18(30)12-21(31)26(23)32/h2-3,12-14,16,24,33,37,39H,4-11,15H2,1H3,(H,35,38)/t24-/m1/s1. The van der Waals surface area contributed by atoms with Gasteiger partial charge in [0.2, 0.25) is 5.91 Å². The van der Waals surface area contributed by atoms with Crippen molar-refractivity contribution >= 4 is 22.5 Å². The van der Waals surface area contributed by atoms with Crippen molar-refractivity contribution in [2.45, 2.75) is 38.5 Å². The number of aliphatic hydroxyl groups excluding tert-OH is 1. The van der Waals surface area contributed by atoms with Gasteiger partial charge < -0.3 is 20.1 Å². The molecule has 0 saturated carbocycles. The number of carbonyl (C=O) groups is 1. The van der Waals surface area contributed by atoms with E-state index in [-0.39, 0.29) is 30.6 Å². The molecular formula is C28H32F4N4O4. The Kier molecular flexibility index (Phi) is 9.44. The van der Waals surface area contributed by atoms with Crippen LogP contribution in [-0.4, -0.2) is 59.4 Å². The van der Waals surface area contributed by atoms with E-state index < -0.39 is 41.6 Å². The molecule has 0 spiro atoms. The average molecular weight is 565 g/mol. The Labute approximate surface area is 228 Å². The maximum atomic E-state index is 13.9. The molecule has 1 aliphatic rings. The number of amides is 1. The zero-order valence-corrected chi connectivity index (χ0v) is 22.0. The number of aromatic nitrogens is 1. The van der Waals surface area contributed by atoms with Gasteiger partial charge in [-0.3, -0.25) is 15.0 Å². The highest BCUT2D eigenvalue weighted by atomic mass is 19.2. The fourth-order valence-electron chi connectivity index (χ4n) is 5.36. The quantitative estimate of drug-likeness (QED) is 0.116. The number of halogens is 4. The average Bonchev–Trinajstić information content (AvgIpc) is 2.97. The van der Waals surface area contributed by atoms with Crippen molar-refractivity contribution in [2.24, 2.45) is 5.41 Å². The molecule has 1 fully saturated rings. The fourth-order valence-corrected chi connectivity index (χ4v) is 5.36. The topological polar surface area (TPSA) is 107 Å². The summed E-state index contributed by atoms with van der Waals surface area (Å²) in [6.45, 7) is 0.709. The lowest BCUT2D eigenvalue weighted by atomic mass is 9.73. The highest BCUT2D eigenvalue weighted by Gasteiger charge is 2.41. The molecule has 2 heterocycles. The molecule has 0 aliphatic carbocycles. The van der Waals surface area contributed by atoms with Gasteiger partial charge in [-0.2, -0.15) is 0 Å². The van der Waals surface area contributed by atoms with Gasteiger partial charge in [0.25, 0.3) is 0 Å². The molecule has 1 amide bonds. The van der Waals surface area contributed by atoms with Crippen LogP contribution in [-0.2, 0) is 11.5 Å². The van der Waals surface area contributed by atoms with Gasteiger partial charge in [-0.15, -0.1) is 0 Å². The van der Waals surface area contributed by atoms with Crippen molar-refractivity contribution in [3.8, 4) is 5.75 Å². The first kappa shape index (κ1) is 29.5. The van der Waals surface area contributed by atoms with E-state index in [1.807, 2.05) is 4.90 Å². The van der Waals surface area contributed by atoms with Gasteiger partial charge in [-0.05, 0) is 62.5 Å². The van der Waals surface area contributed by atoms with Crippen LogP contribution >= 0.6 is 0 Å². The van der Waals surface area contributed by atoms with Crippen molar-refractivity contribution < 1.29 is 37.4 Å². The van der Waals surface area contributed by atoms with Crippen LogP contribution in [0.2, 0.25) is 0 Å². The molecule has 0 unspecified atom stereocenters. The molecule has 8 nitrogen and oxygen atoms in total. The maximum absolute atomic E-state index is 13.9. The lowest BCUT2D eigenvalue weighted by Gasteiger charge is -2.40. The molecule has 4 rings (SSSR count). The van der Waals surface area contributed by atoms with Crippen molar-refractivity contribution in [1.29, 1.82) is 0 Å². The largest absolute Gasteiger partial charge is 0.497 e. The van der Waals surface area contributed by atoms with E-state index in [1.54, 1.807) is 23.7 Å². The number of likely N-dealkylation sites (tertiary alicyclic amines) is 1. The number of nitrogens with zero attached hydrogens (tertiary/aromatic N) is 2.